The van der Waals surface area contributed by atoms with Crippen LogP contribution in [-0.2, 0) is 23.8 Å². The lowest BCUT2D eigenvalue weighted by molar-refractivity contribution is -0.162. The molecule has 70 heavy (non-hydrogen) atoms. The second kappa shape index (κ2) is 58.1. The molecule has 0 spiro atoms. The molecule has 0 bridgehead atoms. The number of ether oxygens (including phenoxy) is 3. The van der Waals surface area contributed by atoms with Crippen LogP contribution in [0.2, 0.25) is 0 Å². The van der Waals surface area contributed by atoms with E-state index in [9.17, 15) is 9.59 Å². The summed E-state index contributed by atoms with van der Waals surface area (Å²) < 4.78 is 17.2. The largest absolute Gasteiger partial charge is 0.462 e. The lowest BCUT2D eigenvalue weighted by Gasteiger charge is -2.18. The summed E-state index contributed by atoms with van der Waals surface area (Å²) in [5.74, 6) is -0.676. The van der Waals surface area contributed by atoms with Gasteiger partial charge in [0.1, 0.15) is 6.61 Å². The number of rotatable bonds is 46. The number of allylic oxidation sites excluding steroid dienone is 31. The normalized spacial score (nSPS) is 13.8. The van der Waals surface area contributed by atoms with Crippen LogP contribution in [0, 0.1) is 0 Å². The van der Waals surface area contributed by atoms with Crippen molar-refractivity contribution in [1.82, 2.24) is 0 Å². The zero-order chi connectivity index (χ0) is 50.6. The molecule has 0 saturated heterocycles. The van der Waals surface area contributed by atoms with Gasteiger partial charge in [0, 0.05) is 13.0 Å². The van der Waals surface area contributed by atoms with E-state index in [4.69, 9.17) is 14.2 Å². The van der Waals surface area contributed by atoms with E-state index in [1.165, 1.54) is 0 Å². The van der Waals surface area contributed by atoms with Crippen molar-refractivity contribution < 1.29 is 23.8 Å². The number of carbonyl (C=O) groups excluding carboxylic acids is 2. The number of unbranched alkanes of at least 4 members (excludes halogenated alkanes) is 4. The van der Waals surface area contributed by atoms with Crippen LogP contribution in [0.1, 0.15) is 175 Å². The van der Waals surface area contributed by atoms with E-state index >= 15 is 0 Å². The molecule has 0 saturated carbocycles. The summed E-state index contributed by atoms with van der Waals surface area (Å²) >= 11 is 0. The molecule has 0 aliphatic carbocycles. The molecule has 0 N–H and O–H groups in total. The van der Waals surface area contributed by atoms with E-state index < -0.39 is 6.10 Å². The second-order valence-corrected chi connectivity index (χ2v) is 16.6. The highest BCUT2D eigenvalue weighted by molar-refractivity contribution is 5.71. The van der Waals surface area contributed by atoms with Gasteiger partial charge in [-0.05, 0) is 128 Å². The Morgan fingerprint density at radius 3 is 1.01 bits per heavy atom. The highest BCUT2D eigenvalue weighted by atomic mass is 16.6. The molecule has 0 aliphatic rings. The fourth-order valence-corrected chi connectivity index (χ4v) is 6.28. The highest BCUT2D eigenvalue weighted by Gasteiger charge is 2.17. The fourth-order valence-electron chi connectivity index (χ4n) is 6.28. The van der Waals surface area contributed by atoms with Gasteiger partial charge in [-0.15, -0.1) is 0 Å². The Kier molecular flexibility index (Phi) is 53.7. The molecule has 0 aromatic rings. The van der Waals surface area contributed by atoms with Crippen LogP contribution in [0.3, 0.4) is 0 Å². The summed E-state index contributed by atoms with van der Waals surface area (Å²) in [5.41, 5.74) is 0. The molecule has 0 amide bonds. The molecular weight excluding hydrogens is 861 g/mol. The Bertz CT molecular complexity index is 1700. The van der Waals surface area contributed by atoms with Crippen molar-refractivity contribution in [3.05, 3.63) is 194 Å². The van der Waals surface area contributed by atoms with Crippen LogP contribution in [0.25, 0.3) is 0 Å². The molecule has 0 aromatic heterocycles. The van der Waals surface area contributed by atoms with Crippen molar-refractivity contribution in [1.29, 1.82) is 0 Å². The maximum absolute atomic E-state index is 12.8. The lowest BCUT2D eigenvalue weighted by atomic mass is 10.1. The molecule has 0 fully saturated rings. The maximum Gasteiger partial charge on any atom is 0.310 e. The number of hydrogen-bond acceptors (Lipinski definition) is 5. The summed E-state index contributed by atoms with van der Waals surface area (Å²) in [7, 11) is 0. The predicted octanol–water partition coefficient (Wildman–Crippen LogP) is 18.8. The standard InChI is InChI=1S/C65H96O5/c1-4-7-10-13-16-19-22-25-28-30-32-34-36-39-42-45-48-51-54-57-60-68-61-63(70-65(67)59-56-53-50-47-44-41-37-27-24-21-18-15-12-9-6-3)62-69-64(66)58-55-52-49-46-43-40-38-35-33-31-29-26-23-20-17-14-11-8-5-2/h7-12,16-21,25-29,32-35,37,39-40,42-44,47,49,52-53,56,63H,4-6,13-15,22-24,30-31,36,38,41,45-46,48,50-51,54-55,57-62H2,1-3H3/b10-7-,11-8-,12-9-,19-16-,20-17-,21-18-,28-25-,29-26-,34-32-,35-33-,37-27-,42-39-,43-40-,47-44-,52-49-,56-53-. The summed E-state index contributed by atoms with van der Waals surface area (Å²) in [6, 6.07) is 0. The summed E-state index contributed by atoms with van der Waals surface area (Å²) in [5, 5.41) is 0. The lowest BCUT2D eigenvalue weighted by Crippen LogP contribution is -2.29. The number of hydrogen-bond donors (Lipinski definition) is 0. The van der Waals surface area contributed by atoms with Gasteiger partial charge in [-0.2, -0.15) is 0 Å². The third-order valence-corrected chi connectivity index (χ3v) is 10.2. The SMILES string of the molecule is CC/C=C\C/C=C\C/C=C\C/C=C\C/C=C\C/C=C\CCC(=O)OCC(COCCCCCC/C=C\C/C=C\C/C=C\C/C=C\C/C=C\CC)OC(=O)C/C=C\C/C=C\C/C=C\C/C=C\C/C=C\CC. The topological polar surface area (TPSA) is 61.8 Å². The Morgan fingerprint density at radius 2 is 0.643 bits per heavy atom. The monoisotopic (exact) mass is 957 g/mol. The van der Waals surface area contributed by atoms with Gasteiger partial charge in [0.05, 0.1) is 13.0 Å². The van der Waals surface area contributed by atoms with Crippen molar-refractivity contribution in [3.8, 4) is 0 Å². The van der Waals surface area contributed by atoms with Crippen molar-refractivity contribution in [3.63, 3.8) is 0 Å². The fraction of sp³-hybridized carbons (Fsp3) is 0.477. The first kappa shape index (κ1) is 64.7. The third kappa shape index (κ3) is 55.3. The predicted molar refractivity (Wildman–Crippen MR) is 306 cm³/mol. The van der Waals surface area contributed by atoms with Crippen LogP contribution in [-0.4, -0.2) is 37.9 Å². The smallest absolute Gasteiger partial charge is 0.310 e. The Hall–Kier alpha value is -5.26. The first-order valence-electron chi connectivity index (χ1n) is 27.0. The van der Waals surface area contributed by atoms with E-state index in [1.54, 1.807) is 0 Å². The molecule has 5 heteroatoms. The summed E-state index contributed by atoms with van der Waals surface area (Å²) in [6.07, 6.45) is 90.6. The van der Waals surface area contributed by atoms with Gasteiger partial charge in [-0.1, -0.05) is 228 Å². The minimum absolute atomic E-state index is 0.0206. The molecule has 1 unspecified atom stereocenters. The Morgan fingerprint density at radius 1 is 0.329 bits per heavy atom. The third-order valence-electron chi connectivity index (χ3n) is 10.2. The van der Waals surface area contributed by atoms with Crippen LogP contribution in [0.4, 0.5) is 0 Å². The summed E-state index contributed by atoms with van der Waals surface area (Å²) in [4.78, 5) is 25.4. The number of carbonyl (C=O) groups is 2. The molecule has 5 nitrogen and oxygen atoms in total. The van der Waals surface area contributed by atoms with Crippen LogP contribution >= 0.6 is 0 Å². The summed E-state index contributed by atoms with van der Waals surface area (Å²) in [6.45, 7) is 7.20. The van der Waals surface area contributed by atoms with E-state index in [1.807, 2.05) is 18.2 Å². The first-order valence-corrected chi connectivity index (χ1v) is 27.0. The van der Waals surface area contributed by atoms with Gasteiger partial charge in [-0.3, -0.25) is 9.59 Å². The second-order valence-electron chi connectivity index (χ2n) is 16.6. The van der Waals surface area contributed by atoms with Gasteiger partial charge >= 0.3 is 11.9 Å². The van der Waals surface area contributed by atoms with Crippen LogP contribution < -0.4 is 0 Å². The van der Waals surface area contributed by atoms with Crippen molar-refractivity contribution in [2.45, 2.75) is 181 Å². The molecule has 0 heterocycles. The zero-order valence-electron chi connectivity index (χ0n) is 44.2. The van der Waals surface area contributed by atoms with Crippen molar-refractivity contribution >= 4 is 11.9 Å². The molecule has 0 aliphatic heterocycles. The van der Waals surface area contributed by atoms with Crippen LogP contribution in [0.15, 0.2) is 194 Å². The van der Waals surface area contributed by atoms with Crippen LogP contribution in [0.5, 0.6) is 0 Å². The van der Waals surface area contributed by atoms with Gasteiger partial charge in [-0.25, -0.2) is 0 Å². The van der Waals surface area contributed by atoms with Gasteiger partial charge in [0.15, 0.2) is 6.10 Å². The van der Waals surface area contributed by atoms with E-state index in [0.29, 0.717) is 13.0 Å². The van der Waals surface area contributed by atoms with Gasteiger partial charge in [0.25, 0.3) is 0 Å². The maximum atomic E-state index is 12.8. The molecule has 1 atom stereocenters. The average molecular weight is 957 g/mol. The zero-order valence-corrected chi connectivity index (χ0v) is 44.2. The van der Waals surface area contributed by atoms with Gasteiger partial charge < -0.3 is 14.2 Å². The van der Waals surface area contributed by atoms with Crippen molar-refractivity contribution in [2.24, 2.45) is 0 Å². The average Bonchev–Trinajstić information content (AvgIpc) is 3.36. The minimum Gasteiger partial charge on any atom is -0.462 e. The molecule has 0 aromatic carbocycles. The molecule has 0 rings (SSSR count). The Balaban J connectivity index is 4.60. The quantitative estimate of drug-likeness (QED) is 0.0346. The first-order chi connectivity index (χ1) is 34.6. The van der Waals surface area contributed by atoms with E-state index in [0.717, 1.165) is 135 Å². The van der Waals surface area contributed by atoms with Crippen molar-refractivity contribution in [2.75, 3.05) is 19.8 Å². The van der Waals surface area contributed by atoms with Gasteiger partial charge in [0.2, 0.25) is 0 Å². The van der Waals surface area contributed by atoms with E-state index in [-0.39, 0.29) is 38.0 Å². The van der Waals surface area contributed by atoms with E-state index in [2.05, 4.69) is 197 Å². The molecule has 386 valence electrons. The Labute approximate surface area is 429 Å². The molecule has 0 radical (unpaired) electrons. The minimum atomic E-state index is -0.652. The molecular formula is C65H96O5. The number of esters is 2. The highest BCUT2D eigenvalue weighted by Crippen LogP contribution is 2.08.